The van der Waals surface area contributed by atoms with Gasteiger partial charge < -0.3 is 16.6 Å². The van der Waals surface area contributed by atoms with Gasteiger partial charge in [0.25, 0.3) is 0 Å². The zero-order valence-electron chi connectivity index (χ0n) is 14.3. The Morgan fingerprint density at radius 3 is 2.48 bits per heavy atom. The summed E-state index contributed by atoms with van der Waals surface area (Å²) in [7, 11) is 0. The Hall–Kier alpha value is -2.54. The average Bonchev–Trinajstić information content (AvgIpc) is 3.00. The molecular weight excluding hydrogens is 387 g/mol. The maximum Gasteiger partial charge on any atom is 0.219 e. The Morgan fingerprint density at radius 2 is 1.85 bits per heavy atom. The van der Waals surface area contributed by atoms with Crippen LogP contribution in [0.3, 0.4) is 0 Å². The lowest BCUT2D eigenvalue weighted by atomic mass is 10.1. The van der Waals surface area contributed by atoms with Crippen molar-refractivity contribution >= 4 is 29.1 Å². The van der Waals surface area contributed by atoms with Gasteiger partial charge in [-0.05, 0) is 42.0 Å². The van der Waals surface area contributed by atoms with Crippen LogP contribution >= 0.6 is 23.2 Å². The minimum atomic E-state index is -0.617. The number of phenols is 1. The predicted molar refractivity (Wildman–Crippen MR) is 105 cm³/mol. The van der Waals surface area contributed by atoms with Crippen molar-refractivity contribution in [2.45, 2.75) is 18.9 Å². The van der Waals surface area contributed by atoms with Crippen molar-refractivity contribution in [3.63, 3.8) is 0 Å². The van der Waals surface area contributed by atoms with Gasteiger partial charge in [-0.3, -0.25) is 4.79 Å². The summed E-state index contributed by atoms with van der Waals surface area (Å²) in [6.45, 7) is 0. The van der Waals surface area contributed by atoms with Crippen LogP contribution in [0.2, 0.25) is 10.0 Å². The Kier molecular flexibility index (Phi) is 5.70. The highest BCUT2D eigenvalue weighted by atomic mass is 35.5. The van der Waals surface area contributed by atoms with Gasteiger partial charge >= 0.3 is 0 Å². The Bertz CT molecular complexity index is 970. The number of amides is 1. The summed E-state index contributed by atoms with van der Waals surface area (Å²) in [6.07, 6.45) is 0.513. The highest BCUT2D eigenvalue weighted by molar-refractivity contribution is 6.35. The number of carbonyl (C=O) groups is 1. The zero-order chi connectivity index (χ0) is 19.6. The molecule has 0 fully saturated rings. The van der Waals surface area contributed by atoms with Crippen LogP contribution in [0.4, 0.5) is 0 Å². The summed E-state index contributed by atoms with van der Waals surface area (Å²) < 4.78 is 1.68. The lowest BCUT2D eigenvalue weighted by Gasteiger charge is -2.10. The normalized spacial score (nSPS) is 12.1. The van der Waals surface area contributed by atoms with Gasteiger partial charge in [-0.1, -0.05) is 35.3 Å². The fourth-order valence-corrected chi connectivity index (χ4v) is 3.24. The first-order valence-electron chi connectivity index (χ1n) is 8.19. The summed E-state index contributed by atoms with van der Waals surface area (Å²) in [5.41, 5.74) is 14.3. The van der Waals surface area contributed by atoms with E-state index in [0.29, 0.717) is 27.8 Å². The smallest absolute Gasteiger partial charge is 0.219 e. The number of aromatic nitrogens is 2. The summed E-state index contributed by atoms with van der Waals surface area (Å²) in [5, 5.41) is 15.0. The number of phenolic OH excluding ortho intramolecular Hbond substituents is 1. The molecule has 0 radical (unpaired) electrons. The molecular formula is C19H18Cl2N4O2. The first-order valence-corrected chi connectivity index (χ1v) is 8.95. The zero-order valence-corrected chi connectivity index (χ0v) is 15.8. The number of nitrogens with zero attached hydrogens (tertiary/aromatic N) is 2. The molecule has 27 heavy (non-hydrogen) atoms. The minimum Gasteiger partial charge on any atom is -0.508 e. The molecule has 5 N–H and O–H groups in total. The van der Waals surface area contributed by atoms with Crippen molar-refractivity contribution < 1.29 is 9.90 Å². The number of hydrogen-bond donors (Lipinski definition) is 3. The molecule has 1 unspecified atom stereocenters. The fraction of sp³-hybridized carbons (Fsp3) is 0.158. The molecule has 0 saturated carbocycles. The van der Waals surface area contributed by atoms with Crippen molar-refractivity contribution in [2.75, 3.05) is 0 Å². The molecule has 8 heteroatoms. The molecule has 0 aliphatic heterocycles. The van der Waals surface area contributed by atoms with E-state index in [1.165, 1.54) is 0 Å². The number of nitrogens with two attached hydrogens (primary N) is 2. The average molecular weight is 405 g/mol. The molecule has 1 atom stereocenters. The van der Waals surface area contributed by atoms with E-state index in [1.807, 2.05) is 18.2 Å². The van der Waals surface area contributed by atoms with E-state index in [-0.39, 0.29) is 12.2 Å². The largest absolute Gasteiger partial charge is 0.508 e. The minimum absolute atomic E-state index is 0.00991. The Labute approximate surface area is 166 Å². The number of hydrogen-bond acceptors (Lipinski definition) is 4. The second-order valence-electron chi connectivity index (χ2n) is 6.19. The molecule has 0 aliphatic rings. The van der Waals surface area contributed by atoms with Crippen molar-refractivity contribution in [1.82, 2.24) is 9.78 Å². The van der Waals surface area contributed by atoms with E-state index < -0.39 is 11.9 Å². The monoisotopic (exact) mass is 404 g/mol. The molecule has 0 aliphatic carbocycles. The van der Waals surface area contributed by atoms with Crippen molar-refractivity contribution in [2.24, 2.45) is 11.5 Å². The van der Waals surface area contributed by atoms with Crippen LogP contribution in [0.25, 0.3) is 5.69 Å². The SMILES string of the molecule is NC(=O)CC(N)c1cc(Cc2ccc(O)cc2)n(-c2ccc(Cl)cc2Cl)n1. The summed E-state index contributed by atoms with van der Waals surface area (Å²) >= 11 is 12.3. The molecule has 0 spiro atoms. The number of aromatic hydroxyl groups is 1. The molecule has 0 saturated heterocycles. The molecule has 1 heterocycles. The van der Waals surface area contributed by atoms with E-state index in [2.05, 4.69) is 5.10 Å². The van der Waals surface area contributed by atoms with Crippen LogP contribution in [0.15, 0.2) is 48.5 Å². The van der Waals surface area contributed by atoms with Crippen LogP contribution in [0.1, 0.15) is 29.4 Å². The third-order valence-corrected chi connectivity index (χ3v) is 4.60. The maximum atomic E-state index is 11.2. The van der Waals surface area contributed by atoms with Crippen LogP contribution in [-0.4, -0.2) is 20.8 Å². The van der Waals surface area contributed by atoms with Crippen molar-refractivity contribution in [3.8, 4) is 11.4 Å². The Morgan fingerprint density at radius 1 is 1.15 bits per heavy atom. The van der Waals surface area contributed by atoms with Gasteiger partial charge in [-0.25, -0.2) is 4.68 Å². The molecule has 2 aromatic carbocycles. The van der Waals surface area contributed by atoms with Crippen molar-refractivity contribution in [3.05, 3.63) is 75.5 Å². The highest BCUT2D eigenvalue weighted by Crippen LogP contribution is 2.28. The van der Waals surface area contributed by atoms with Crippen LogP contribution < -0.4 is 11.5 Å². The van der Waals surface area contributed by atoms with Gasteiger partial charge in [-0.15, -0.1) is 0 Å². The second kappa shape index (κ2) is 8.00. The molecule has 6 nitrogen and oxygen atoms in total. The summed E-state index contributed by atoms with van der Waals surface area (Å²) in [4.78, 5) is 11.2. The number of carbonyl (C=O) groups excluding carboxylic acids is 1. The second-order valence-corrected chi connectivity index (χ2v) is 7.03. The quantitative estimate of drug-likeness (QED) is 0.585. The topological polar surface area (TPSA) is 107 Å². The fourth-order valence-electron chi connectivity index (χ4n) is 2.75. The molecule has 3 rings (SSSR count). The number of halogens is 2. The van der Waals surface area contributed by atoms with E-state index in [4.69, 9.17) is 34.7 Å². The lowest BCUT2D eigenvalue weighted by molar-refractivity contribution is -0.118. The molecule has 1 aromatic heterocycles. The van der Waals surface area contributed by atoms with Gasteiger partial charge in [0.15, 0.2) is 0 Å². The number of rotatable bonds is 6. The first kappa shape index (κ1) is 19.2. The lowest BCUT2D eigenvalue weighted by Crippen LogP contribution is -2.21. The number of benzene rings is 2. The summed E-state index contributed by atoms with van der Waals surface area (Å²) in [5.74, 6) is -0.307. The van der Waals surface area contributed by atoms with Gasteiger partial charge in [0.05, 0.1) is 22.4 Å². The standard InChI is InChI=1S/C19H18Cl2N4O2/c20-12-3-6-18(15(21)8-12)25-13(7-11-1-4-14(26)5-2-11)9-17(24-25)16(22)10-19(23)27/h1-6,8-9,16,26H,7,10,22H2,(H2,23,27). The highest BCUT2D eigenvalue weighted by Gasteiger charge is 2.18. The van der Waals surface area contributed by atoms with E-state index in [1.54, 1.807) is 35.0 Å². The molecule has 140 valence electrons. The van der Waals surface area contributed by atoms with Gasteiger partial charge in [0, 0.05) is 23.6 Å². The molecule has 0 bridgehead atoms. The van der Waals surface area contributed by atoms with Gasteiger partial charge in [0.1, 0.15) is 5.75 Å². The van der Waals surface area contributed by atoms with Crippen molar-refractivity contribution in [1.29, 1.82) is 0 Å². The third-order valence-electron chi connectivity index (χ3n) is 4.06. The Balaban J connectivity index is 2.04. The maximum absolute atomic E-state index is 11.2. The van der Waals surface area contributed by atoms with E-state index >= 15 is 0 Å². The first-order chi connectivity index (χ1) is 12.8. The van der Waals surface area contributed by atoms with Crippen LogP contribution in [-0.2, 0) is 11.2 Å². The van der Waals surface area contributed by atoms with Crippen LogP contribution in [0.5, 0.6) is 5.75 Å². The molecule has 1 amide bonds. The molecule has 3 aromatic rings. The third kappa shape index (κ3) is 4.60. The van der Waals surface area contributed by atoms with Crippen LogP contribution in [0, 0.1) is 0 Å². The predicted octanol–water partition coefficient (Wildman–Crippen LogP) is 3.35. The van der Waals surface area contributed by atoms with E-state index in [0.717, 1.165) is 11.3 Å². The number of primary amides is 1. The van der Waals surface area contributed by atoms with Gasteiger partial charge in [0.2, 0.25) is 5.91 Å². The van der Waals surface area contributed by atoms with Gasteiger partial charge in [-0.2, -0.15) is 5.10 Å². The summed E-state index contributed by atoms with van der Waals surface area (Å²) in [6, 6.07) is 13.2. The van der Waals surface area contributed by atoms with E-state index in [9.17, 15) is 9.90 Å².